The minimum atomic E-state index is -0.250. The van der Waals surface area contributed by atoms with Crippen LogP contribution in [0.2, 0.25) is 0 Å². The number of nitrogens with two attached hydrogens (primary N) is 1. The van der Waals surface area contributed by atoms with Crippen LogP contribution < -0.4 is 15.8 Å². The molecule has 0 unspecified atom stereocenters. The number of nitrogen functional groups attached to an aromatic ring is 1. The summed E-state index contributed by atoms with van der Waals surface area (Å²) in [6, 6.07) is 14.4. The molecule has 0 bridgehead atoms. The molecule has 3 N–H and O–H groups in total. The van der Waals surface area contributed by atoms with E-state index >= 15 is 0 Å². The lowest BCUT2D eigenvalue weighted by Crippen LogP contribution is -2.28. The topological polar surface area (TPSA) is 78.0 Å². The number of hydrogen-bond acceptors (Lipinski definition) is 5. The maximum absolute atomic E-state index is 13.3. The Morgan fingerprint density at radius 1 is 1.15 bits per heavy atom. The van der Waals surface area contributed by atoms with Gasteiger partial charge in [-0.05, 0) is 48.7 Å². The molecule has 1 aromatic heterocycles. The quantitative estimate of drug-likeness (QED) is 0.750. The zero-order chi connectivity index (χ0) is 18.1. The molecule has 6 nitrogen and oxygen atoms in total. The third kappa shape index (κ3) is 3.08. The zero-order valence-electron chi connectivity index (χ0n) is 14.4. The van der Waals surface area contributed by atoms with Crippen molar-refractivity contribution in [1.82, 2.24) is 14.8 Å². The Labute approximate surface area is 150 Å². The van der Waals surface area contributed by atoms with Crippen molar-refractivity contribution in [2.24, 2.45) is 0 Å². The summed E-state index contributed by atoms with van der Waals surface area (Å²) in [6.07, 6.45) is 0.745. The third-order valence-corrected chi connectivity index (χ3v) is 4.55. The number of hydrogen-bond donors (Lipinski definition) is 2. The fourth-order valence-corrected chi connectivity index (χ4v) is 3.34. The van der Waals surface area contributed by atoms with Crippen molar-refractivity contribution in [3.8, 4) is 5.75 Å². The summed E-state index contributed by atoms with van der Waals surface area (Å²) in [6.45, 7) is 2.58. The van der Waals surface area contributed by atoms with E-state index in [0.717, 1.165) is 23.3 Å². The van der Waals surface area contributed by atoms with Gasteiger partial charge in [0.2, 0.25) is 11.9 Å². The number of halogens is 1. The minimum absolute atomic E-state index is 0.0109. The summed E-state index contributed by atoms with van der Waals surface area (Å²) >= 11 is 0. The van der Waals surface area contributed by atoms with Crippen LogP contribution in [0.1, 0.15) is 36.6 Å². The number of ether oxygens (including phenoxy) is 1. The maximum atomic E-state index is 13.3. The zero-order valence-corrected chi connectivity index (χ0v) is 14.4. The SMILES string of the molecule is CCOc1ccc([C@@H]2C[C@H](c3ccc(F)cc3)Nc3nc(N)nn32)cc1. The largest absolute Gasteiger partial charge is 0.494 e. The van der Waals surface area contributed by atoms with Crippen LogP contribution in [-0.4, -0.2) is 21.4 Å². The number of anilines is 2. The smallest absolute Gasteiger partial charge is 0.241 e. The van der Waals surface area contributed by atoms with E-state index in [-0.39, 0.29) is 23.8 Å². The van der Waals surface area contributed by atoms with Crippen LogP contribution >= 0.6 is 0 Å². The van der Waals surface area contributed by atoms with Crippen LogP contribution in [0.15, 0.2) is 48.5 Å². The van der Waals surface area contributed by atoms with E-state index in [0.29, 0.717) is 12.6 Å². The van der Waals surface area contributed by atoms with Crippen molar-refractivity contribution in [1.29, 1.82) is 0 Å². The Morgan fingerprint density at radius 2 is 1.85 bits per heavy atom. The van der Waals surface area contributed by atoms with E-state index in [1.807, 2.05) is 35.9 Å². The third-order valence-electron chi connectivity index (χ3n) is 4.55. The molecule has 0 spiro atoms. The number of benzene rings is 2. The molecule has 2 atom stereocenters. The molecule has 134 valence electrons. The van der Waals surface area contributed by atoms with Gasteiger partial charge in [0, 0.05) is 0 Å². The summed E-state index contributed by atoms with van der Waals surface area (Å²) in [5.74, 6) is 1.42. The van der Waals surface area contributed by atoms with Gasteiger partial charge in [0.15, 0.2) is 0 Å². The molecule has 0 saturated carbocycles. The van der Waals surface area contributed by atoms with Gasteiger partial charge in [-0.2, -0.15) is 4.98 Å². The van der Waals surface area contributed by atoms with Gasteiger partial charge in [-0.15, -0.1) is 5.10 Å². The Kier molecular flexibility index (Phi) is 4.20. The first kappa shape index (κ1) is 16.4. The van der Waals surface area contributed by atoms with Gasteiger partial charge in [-0.25, -0.2) is 9.07 Å². The van der Waals surface area contributed by atoms with Crippen molar-refractivity contribution >= 4 is 11.9 Å². The van der Waals surface area contributed by atoms with Crippen molar-refractivity contribution in [3.63, 3.8) is 0 Å². The lowest BCUT2D eigenvalue weighted by atomic mass is 9.93. The monoisotopic (exact) mass is 353 g/mol. The highest BCUT2D eigenvalue weighted by Crippen LogP contribution is 2.38. The fraction of sp³-hybridized carbons (Fsp3) is 0.263. The second kappa shape index (κ2) is 6.67. The number of nitrogens with zero attached hydrogens (tertiary/aromatic N) is 3. The summed E-state index contributed by atoms with van der Waals surface area (Å²) in [4.78, 5) is 4.29. The summed E-state index contributed by atoms with van der Waals surface area (Å²) in [7, 11) is 0. The Balaban J connectivity index is 1.69. The van der Waals surface area contributed by atoms with Gasteiger partial charge in [-0.3, -0.25) is 0 Å². The van der Waals surface area contributed by atoms with Crippen molar-refractivity contribution in [2.45, 2.75) is 25.4 Å². The lowest BCUT2D eigenvalue weighted by molar-refractivity contribution is 0.340. The Hall–Kier alpha value is -3.09. The summed E-state index contributed by atoms with van der Waals surface area (Å²) in [5, 5.41) is 7.69. The van der Waals surface area contributed by atoms with Crippen LogP contribution in [0.4, 0.5) is 16.3 Å². The number of nitrogens with one attached hydrogen (secondary N) is 1. The first-order valence-corrected chi connectivity index (χ1v) is 8.61. The normalized spacial score (nSPS) is 18.8. The van der Waals surface area contributed by atoms with Crippen molar-refractivity contribution in [3.05, 3.63) is 65.5 Å². The molecule has 0 fully saturated rings. The molecule has 0 saturated heterocycles. The number of fused-ring (bicyclic) bond motifs is 1. The van der Waals surface area contributed by atoms with Crippen LogP contribution in [0.25, 0.3) is 0 Å². The highest BCUT2D eigenvalue weighted by Gasteiger charge is 2.30. The number of aromatic nitrogens is 3. The lowest BCUT2D eigenvalue weighted by Gasteiger charge is -2.31. The van der Waals surface area contributed by atoms with E-state index < -0.39 is 0 Å². The average Bonchev–Trinajstić information content (AvgIpc) is 3.02. The predicted molar refractivity (Wildman–Crippen MR) is 97.6 cm³/mol. The molecule has 3 aromatic rings. The van der Waals surface area contributed by atoms with Crippen molar-refractivity contribution in [2.75, 3.05) is 17.7 Å². The van der Waals surface area contributed by atoms with Crippen LogP contribution in [0.5, 0.6) is 5.75 Å². The highest BCUT2D eigenvalue weighted by atomic mass is 19.1. The fourth-order valence-electron chi connectivity index (χ4n) is 3.34. The molecule has 26 heavy (non-hydrogen) atoms. The standard InChI is InChI=1S/C19H20FN5O/c1-2-26-15-9-5-13(6-10-15)17-11-16(12-3-7-14(20)8-4-12)22-19-23-18(21)24-25(17)19/h3-10,16-17H,2,11H2,1H3,(H3,21,22,23,24)/t16-,17+/m1/s1. The molecule has 2 heterocycles. The van der Waals surface area contributed by atoms with Gasteiger partial charge in [0.05, 0.1) is 18.7 Å². The van der Waals surface area contributed by atoms with E-state index in [9.17, 15) is 4.39 Å². The van der Waals surface area contributed by atoms with Gasteiger partial charge in [0.1, 0.15) is 11.6 Å². The molecular weight excluding hydrogens is 333 g/mol. The van der Waals surface area contributed by atoms with Gasteiger partial charge in [0.25, 0.3) is 0 Å². The van der Waals surface area contributed by atoms with Crippen LogP contribution in [-0.2, 0) is 0 Å². The highest BCUT2D eigenvalue weighted by molar-refractivity contribution is 5.42. The van der Waals surface area contributed by atoms with Gasteiger partial charge >= 0.3 is 0 Å². The van der Waals surface area contributed by atoms with E-state index in [2.05, 4.69) is 15.4 Å². The van der Waals surface area contributed by atoms with Crippen LogP contribution in [0, 0.1) is 5.82 Å². The minimum Gasteiger partial charge on any atom is -0.494 e. The molecule has 0 aliphatic carbocycles. The van der Waals surface area contributed by atoms with E-state index in [1.165, 1.54) is 12.1 Å². The molecule has 0 radical (unpaired) electrons. The first-order valence-electron chi connectivity index (χ1n) is 8.61. The first-order chi connectivity index (χ1) is 12.6. The molecular formula is C19H20FN5O. The maximum Gasteiger partial charge on any atom is 0.241 e. The summed E-state index contributed by atoms with van der Waals surface area (Å²) < 4.78 is 20.6. The van der Waals surface area contributed by atoms with Crippen molar-refractivity contribution < 1.29 is 9.13 Å². The second-order valence-electron chi connectivity index (χ2n) is 6.24. The Bertz CT molecular complexity index is 891. The van der Waals surface area contributed by atoms with Crippen LogP contribution in [0.3, 0.4) is 0 Å². The molecule has 1 aliphatic heterocycles. The molecule has 1 aliphatic rings. The van der Waals surface area contributed by atoms with E-state index in [1.54, 1.807) is 12.1 Å². The molecule has 2 aromatic carbocycles. The molecule has 4 rings (SSSR count). The second-order valence-corrected chi connectivity index (χ2v) is 6.24. The van der Waals surface area contributed by atoms with E-state index in [4.69, 9.17) is 10.5 Å². The predicted octanol–water partition coefficient (Wildman–Crippen LogP) is 3.54. The molecule has 7 heteroatoms. The van der Waals surface area contributed by atoms with Gasteiger partial charge < -0.3 is 15.8 Å². The number of rotatable bonds is 4. The van der Waals surface area contributed by atoms with Gasteiger partial charge in [-0.1, -0.05) is 24.3 Å². The average molecular weight is 353 g/mol. The Morgan fingerprint density at radius 3 is 2.54 bits per heavy atom. The molecule has 0 amide bonds. The summed E-state index contributed by atoms with van der Waals surface area (Å²) in [5.41, 5.74) is 7.90.